The summed E-state index contributed by atoms with van der Waals surface area (Å²) in [5.74, 6) is 0.213. The molecule has 2 saturated carbocycles. The van der Waals surface area contributed by atoms with E-state index in [1.807, 2.05) is 52.8 Å². The third-order valence-corrected chi connectivity index (χ3v) is 3.88. The summed E-state index contributed by atoms with van der Waals surface area (Å²) in [7, 11) is 5.98. The fourth-order valence-corrected chi connectivity index (χ4v) is 1.88. The molecule has 2 rings (SSSR count). The van der Waals surface area contributed by atoms with E-state index >= 15 is 0 Å². The molecule has 2 fully saturated rings. The van der Waals surface area contributed by atoms with Gasteiger partial charge < -0.3 is 9.80 Å². The summed E-state index contributed by atoms with van der Waals surface area (Å²) in [5, 5.41) is 0. The lowest BCUT2D eigenvalue weighted by atomic mass is 10.2. The molecule has 28 heavy (non-hydrogen) atoms. The molecule has 0 atom stereocenters. The van der Waals surface area contributed by atoms with Gasteiger partial charge in [0.05, 0.1) is 6.54 Å². The van der Waals surface area contributed by atoms with Crippen molar-refractivity contribution >= 4 is 5.78 Å². The summed E-state index contributed by atoms with van der Waals surface area (Å²) in [6.07, 6.45) is 18.2. The molecule has 2 aliphatic carbocycles. The molecule has 0 heterocycles. The van der Waals surface area contributed by atoms with Gasteiger partial charge >= 0.3 is 0 Å². The molecule has 0 N–H and O–H groups in total. The number of ketones is 1. The summed E-state index contributed by atoms with van der Waals surface area (Å²) in [5.41, 5.74) is 0.750. The maximum absolute atomic E-state index is 10.2. The Labute approximate surface area is 179 Å². The Morgan fingerprint density at radius 2 is 1.46 bits per heavy atom. The maximum atomic E-state index is 10.2. The second-order valence-corrected chi connectivity index (χ2v) is 7.75. The highest BCUT2D eigenvalue weighted by Gasteiger charge is 2.30. The largest absolute Gasteiger partial charge is 0.303 e. The van der Waals surface area contributed by atoms with E-state index < -0.39 is 0 Å². The van der Waals surface area contributed by atoms with Crippen molar-refractivity contribution in [2.45, 2.75) is 93.0 Å². The number of hydrogen-bond acceptors (Lipinski definition) is 3. The molecule has 0 amide bonds. The highest BCUT2D eigenvalue weighted by Crippen LogP contribution is 2.43. The van der Waals surface area contributed by atoms with Gasteiger partial charge in [0.25, 0.3) is 0 Å². The monoisotopic (exact) mass is 396 g/mol. The average Bonchev–Trinajstić information content (AvgIpc) is 3.58. The van der Waals surface area contributed by atoms with Crippen LogP contribution < -0.4 is 0 Å². The van der Waals surface area contributed by atoms with Crippen LogP contribution in [-0.2, 0) is 4.79 Å². The molecule has 0 radical (unpaired) electrons. The van der Waals surface area contributed by atoms with E-state index in [-0.39, 0.29) is 5.78 Å². The van der Waals surface area contributed by atoms with Gasteiger partial charge in [0.1, 0.15) is 5.78 Å². The Bertz CT molecular complexity index is 349. The normalized spacial score (nSPS) is 14.6. The van der Waals surface area contributed by atoms with Crippen LogP contribution in [0.2, 0.25) is 0 Å². The Morgan fingerprint density at radius 1 is 1.07 bits per heavy atom. The van der Waals surface area contributed by atoms with Gasteiger partial charge in [-0.15, -0.1) is 19.4 Å². The molecular weight excluding hydrogens is 344 g/mol. The number of rotatable bonds is 7. The van der Waals surface area contributed by atoms with Crippen LogP contribution in [0.5, 0.6) is 0 Å². The number of Topliss-reactive ketones (excluding diaryl/α,β-unsaturated/α-hetero) is 1. The molecule has 2 aliphatic rings. The van der Waals surface area contributed by atoms with Crippen LogP contribution in [0.3, 0.4) is 0 Å². The fraction of sp³-hybridized carbons (Fsp3) is 0.800. The Kier molecular flexibility index (Phi) is 29.4. The average molecular weight is 397 g/mol. The summed E-state index contributed by atoms with van der Waals surface area (Å²) in [6, 6.07) is 0.921. The lowest BCUT2D eigenvalue weighted by Crippen LogP contribution is -2.21. The molecule has 0 aromatic carbocycles. The van der Waals surface area contributed by atoms with Crippen molar-refractivity contribution in [1.82, 2.24) is 9.80 Å². The molecule has 0 saturated heterocycles. The van der Waals surface area contributed by atoms with Crippen molar-refractivity contribution < 1.29 is 4.79 Å². The molecule has 0 aromatic rings. The van der Waals surface area contributed by atoms with E-state index in [0.717, 1.165) is 17.9 Å². The number of nitrogens with zero attached hydrogens (tertiary/aromatic N) is 2. The third-order valence-electron chi connectivity index (χ3n) is 3.88. The Balaban J connectivity index is -0.000000141. The van der Waals surface area contributed by atoms with Gasteiger partial charge in [0.2, 0.25) is 0 Å². The number of likely N-dealkylation sites (N-methyl/N-ethyl adjacent to an activating group) is 1. The summed E-state index contributed by atoms with van der Waals surface area (Å²) in [6.45, 7) is 19.7. The molecule has 0 aromatic heterocycles. The van der Waals surface area contributed by atoms with Crippen LogP contribution in [0.25, 0.3) is 0 Å². The second kappa shape index (κ2) is 23.9. The highest BCUT2D eigenvalue weighted by atomic mass is 16.1. The minimum atomic E-state index is 0.213. The molecule has 168 valence electrons. The topological polar surface area (TPSA) is 23.6 Å². The van der Waals surface area contributed by atoms with Crippen LogP contribution in [0, 0.1) is 18.3 Å². The van der Waals surface area contributed by atoms with Crippen molar-refractivity contribution in [3.05, 3.63) is 12.7 Å². The van der Waals surface area contributed by atoms with Gasteiger partial charge in [0, 0.05) is 6.04 Å². The van der Waals surface area contributed by atoms with Crippen molar-refractivity contribution in [2.24, 2.45) is 5.41 Å². The van der Waals surface area contributed by atoms with Crippen molar-refractivity contribution in [3.8, 4) is 12.8 Å². The second-order valence-electron chi connectivity index (χ2n) is 7.75. The third kappa shape index (κ3) is 35.9. The molecule has 0 spiro atoms. The van der Waals surface area contributed by atoms with Gasteiger partial charge in [-0.25, -0.2) is 0 Å². The number of hydrogen-bond donors (Lipinski definition) is 0. The number of carbonyl (C=O) groups is 1. The van der Waals surface area contributed by atoms with Gasteiger partial charge in [0.15, 0.2) is 0 Å². The van der Waals surface area contributed by atoms with Gasteiger partial charge in [-0.05, 0) is 78.6 Å². The van der Waals surface area contributed by atoms with E-state index in [1.165, 1.54) is 38.6 Å². The summed E-state index contributed by atoms with van der Waals surface area (Å²) < 4.78 is 0. The number of carbonyl (C=O) groups excluding carboxylic acids is 1. The minimum absolute atomic E-state index is 0.213. The molecular formula is C25H52N2O. The standard InChI is InChI=1S/C9H17N.C5H11NO.C5H10.2C2H6.C2H2/c1-3-4-5-8-10(2)9-6-7-9;1-5(7)4-6(2)3;1-5(2)3-4-5;3*1-2/h3,9H,1,4-8H2,2H3;4H2,1-3H3;3-4H2,1-2H3;2*1-2H3;1-2H. The molecule has 3 heteroatoms. The Hall–Kier alpha value is -1.11. The zero-order valence-electron chi connectivity index (χ0n) is 21.0. The smallest absolute Gasteiger partial charge is 0.143 e. The van der Waals surface area contributed by atoms with Crippen LogP contribution in [0.4, 0.5) is 0 Å². The van der Waals surface area contributed by atoms with Gasteiger partial charge in [-0.3, -0.25) is 4.79 Å². The SMILES string of the molecule is C#C.C=CCCCN(C)C1CC1.CC.CC.CC(=O)CN(C)C.CC1(C)CC1. The van der Waals surface area contributed by atoms with E-state index in [2.05, 4.69) is 45.2 Å². The Morgan fingerprint density at radius 3 is 1.64 bits per heavy atom. The first-order valence-corrected chi connectivity index (χ1v) is 11.0. The van der Waals surface area contributed by atoms with Crippen LogP contribution in [0.15, 0.2) is 12.7 Å². The first-order valence-electron chi connectivity index (χ1n) is 11.0. The van der Waals surface area contributed by atoms with Gasteiger partial charge in [-0.2, -0.15) is 0 Å². The van der Waals surface area contributed by atoms with Gasteiger partial charge in [-0.1, -0.05) is 47.6 Å². The quantitative estimate of drug-likeness (QED) is 0.287. The zero-order chi connectivity index (χ0) is 23.2. The van der Waals surface area contributed by atoms with Crippen molar-refractivity contribution in [1.29, 1.82) is 0 Å². The predicted octanol–water partition coefficient (Wildman–Crippen LogP) is 6.29. The summed E-state index contributed by atoms with van der Waals surface area (Å²) >= 11 is 0. The zero-order valence-corrected chi connectivity index (χ0v) is 21.0. The van der Waals surface area contributed by atoms with Crippen molar-refractivity contribution in [3.63, 3.8) is 0 Å². The molecule has 0 bridgehead atoms. The highest BCUT2D eigenvalue weighted by molar-refractivity contribution is 5.77. The van der Waals surface area contributed by atoms with Crippen LogP contribution in [0.1, 0.15) is 87.0 Å². The number of terminal acetylenes is 1. The van der Waals surface area contributed by atoms with E-state index in [1.54, 1.807) is 6.92 Å². The minimum Gasteiger partial charge on any atom is -0.303 e. The number of unbranched alkanes of at least 4 members (excludes halogenated alkanes) is 1. The lowest BCUT2D eigenvalue weighted by Gasteiger charge is -2.13. The first-order chi connectivity index (χ1) is 13.2. The van der Waals surface area contributed by atoms with Crippen molar-refractivity contribution in [2.75, 3.05) is 34.2 Å². The van der Waals surface area contributed by atoms with E-state index in [4.69, 9.17) is 0 Å². The molecule has 0 aliphatic heterocycles. The first kappa shape index (κ1) is 34.4. The lowest BCUT2D eigenvalue weighted by molar-refractivity contribution is -0.117. The molecule has 0 unspecified atom stereocenters. The maximum Gasteiger partial charge on any atom is 0.143 e. The van der Waals surface area contributed by atoms with E-state index in [0.29, 0.717) is 6.54 Å². The van der Waals surface area contributed by atoms with E-state index in [9.17, 15) is 4.79 Å². The summed E-state index contributed by atoms with van der Waals surface area (Å²) in [4.78, 5) is 14.5. The van der Waals surface area contributed by atoms with Crippen LogP contribution in [-0.4, -0.2) is 55.9 Å². The molecule has 3 nitrogen and oxygen atoms in total. The predicted molar refractivity (Wildman–Crippen MR) is 130 cm³/mol. The van der Waals surface area contributed by atoms with Crippen LogP contribution >= 0.6 is 0 Å². The number of allylic oxidation sites excluding steroid dienone is 1. The fourth-order valence-electron chi connectivity index (χ4n) is 1.88.